The van der Waals surface area contributed by atoms with Crippen LogP contribution in [0.4, 0.5) is 10.2 Å². The number of anilines is 1. The fraction of sp³-hybridized carbons (Fsp3) is 0.182. The van der Waals surface area contributed by atoms with Gasteiger partial charge in [0, 0.05) is 0 Å². The van der Waals surface area contributed by atoms with Crippen LogP contribution < -0.4 is 5.73 Å². The number of hydrogen-bond donors (Lipinski definition) is 2. The van der Waals surface area contributed by atoms with Crippen LogP contribution in [0.25, 0.3) is 10.9 Å². The Labute approximate surface area is 91.2 Å². The van der Waals surface area contributed by atoms with E-state index in [2.05, 4.69) is 9.72 Å². The van der Waals surface area contributed by atoms with Crippen molar-refractivity contribution < 1.29 is 13.9 Å². The van der Waals surface area contributed by atoms with Crippen LogP contribution in [0.1, 0.15) is 15.9 Å². The lowest BCUT2D eigenvalue weighted by atomic mass is 10.1. The first kappa shape index (κ1) is 10.5. The van der Waals surface area contributed by atoms with Gasteiger partial charge in [-0.25, -0.2) is 9.18 Å². The monoisotopic (exact) mass is 222 g/mol. The topological polar surface area (TPSA) is 68.1 Å². The number of nitrogens with one attached hydrogen (secondary N) is 1. The number of hydrogen-bond acceptors (Lipinski definition) is 3. The first-order valence-corrected chi connectivity index (χ1v) is 4.70. The number of ether oxygens (including phenoxy) is 1. The average molecular weight is 222 g/mol. The molecule has 1 aromatic heterocycles. The normalized spacial score (nSPS) is 10.7. The number of carbonyl (C=O) groups excluding carboxylic acids is 1. The summed E-state index contributed by atoms with van der Waals surface area (Å²) < 4.78 is 18.5. The summed E-state index contributed by atoms with van der Waals surface area (Å²) in [5, 5.41) is 0.185. The van der Waals surface area contributed by atoms with Gasteiger partial charge in [-0.15, -0.1) is 0 Å². The van der Waals surface area contributed by atoms with Crippen LogP contribution in [0.3, 0.4) is 0 Å². The number of carbonyl (C=O) groups is 1. The summed E-state index contributed by atoms with van der Waals surface area (Å²) in [5.74, 6) is -0.981. The van der Waals surface area contributed by atoms with Gasteiger partial charge in [0.05, 0.1) is 18.0 Å². The molecule has 1 heterocycles. The number of esters is 1. The highest BCUT2D eigenvalue weighted by atomic mass is 19.1. The van der Waals surface area contributed by atoms with Gasteiger partial charge in [0.2, 0.25) is 0 Å². The second kappa shape index (κ2) is 3.52. The van der Waals surface area contributed by atoms with Crippen LogP contribution in [-0.4, -0.2) is 18.1 Å². The van der Waals surface area contributed by atoms with Gasteiger partial charge in [0.25, 0.3) is 0 Å². The maximum atomic E-state index is 13.9. The number of benzene rings is 1. The lowest BCUT2D eigenvalue weighted by Crippen LogP contribution is -2.04. The maximum Gasteiger partial charge on any atom is 0.342 e. The summed E-state index contributed by atoms with van der Waals surface area (Å²) in [6, 6.07) is 3.30. The van der Waals surface area contributed by atoms with Crippen LogP contribution in [0.2, 0.25) is 0 Å². The van der Waals surface area contributed by atoms with Crippen molar-refractivity contribution in [1.82, 2.24) is 4.98 Å². The fourth-order valence-electron chi connectivity index (χ4n) is 1.69. The van der Waals surface area contributed by atoms with E-state index in [4.69, 9.17) is 5.73 Å². The Morgan fingerprint density at radius 1 is 1.50 bits per heavy atom. The molecule has 0 unspecified atom stereocenters. The number of aryl methyl sites for hydroxylation is 1. The second-order valence-electron chi connectivity index (χ2n) is 3.52. The number of rotatable bonds is 1. The zero-order valence-corrected chi connectivity index (χ0v) is 8.93. The predicted octanol–water partition coefficient (Wildman–Crippen LogP) is 1.98. The van der Waals surface area contributed by atoms with E-state index in [1.54, 1.807) is 19.1 Å². The molecule has 2 rings (SSSR count). The molecule has 0 spiro atoms. The van der Waals surface area contributed by atoms with Crippen molar-refractivity contribution in [3.63, 3.8) is 0 Å². The highest BCUT2D eigenvalue weighted by Crippen LogP contribution is 2.28. The Balaban J connectivity index is 2.86. The van der Waals surface area contributed by atoms with Crippen LogP contribution in [-0.2, 0) is 4.74 Å². The third-order valence-corrected chi connectivity index (χ3v) is 2.51. The summed E-state index contributed by atoms with van der Waals surface area (Å²) in [5.41, 5.74) is 6.62. The van der Waals surface area contributed by atoms with Crippen molar-refractivity contribution in [2.45, 2.75) is 6.92 Å². The average Bonchev–Trinajstić information content (AvgIpc) is 2.60. The smallest absolute Gasteiger partial charge is 0.342 e. The summed E-state index contributed by atoms with van der Waals surface area (Å²) in [6.07, 6.45) is 0. The molecule has 16 heavy (non-hydrogen) atoms. The molecule has 0 saturated carbocycles. The zero-order chi connectivity index (χ0) is 11.9. The molecule has 0 bridgehead atoms. The molecule has 0 atom stereocenters. The van der Waals surface area contributed by atoms with Gasteiger partial charge in [0.15, 0.2) is 0 Å². The third-order valence-electron chi connectivity index (χ3n) is 2.51. The van der Waals surface area contributed by atoms with Crippen LogP contribution >= 0.6 is 0 Å². The van der Waals surface area contributed by atoms with Gasteiger partial charge in [-0.2, -0.15) is 0 Å². The Kier molecular flexibility index (Phi) is 2.30. The van der Waals surface area contributed by atoms with Gasteiger partial charge in [-0.05, 0) is 18.6 Å². The van der Waals surface area contributed by atoms with E-state index in [9.17, 15) is 9.18 Å². The first-order chi connectivity index (χ1) is 7.56. The molecule has 0 fully saturated rings. The quantitative estimate of drug-likeness (QED) is 0.725. The molecule has 0 aliphatic rings. The molecular weight excluding hydrogens is 211 g/mol. The van der Waals surface area contributed by atoms with Crippen LogP contribution in [0, 0.1) is 12.7 Å². The van der Waals surface area contributed by atoms with E-state index in [0.29, 0.717) is 11.1 Å². The summed E-state index contributed by atoms with van der Waals surface area (Å²) >= 11 is 0. The lowest BCUT2D eigenvalue weighted by molar-refractivity contribution is 0.0604. The minimum absolute atomic E-state index is 0.0544. The molecule has 0 aliphatic carbocycles. The summed E-state index contributed by atoms with van der Waals surface area (Å²) in [4.78, 5) is 14.2. The second-order valence-corrected chi connectivity index (χ2v) is 3.52. The van der Waals surface area contributed by atoms with E-state index in [1.165, 1.54) is 7.11 Å². The SMILES string of the molecule is COC(=O)c1c(N)[nH]c2ccc(C)c(F)c12. The van der Waals surface area contributed by atoms with Crippen LogP contribution in [0.15, 0.2) is 12.1 Å². The number of methoxy groups -OCH3 is 1. The van der Waals surface area contributed by atoms with E-state index in [0.717, 1.165) is 0 Å². The molecular formula is C11H11FN2O2. The van der Waals surface area contributed by atoms with Gasteiger partial charge in [-0.3, -0.25) is 0 Å². The molecule has 84 valence electrons. The fourth-order valence-corrected chi connectivity index (χ4v) is 1.69. The summed E-state index contributed by atoms with van der Waals surface area (Å²) in [7, 11) is 1.23. The lowest BCUT2D eigenvalue weighted by Gasteiger charge is -2.01. The molecule has 3 N–H and O–H groups in total. The number of nitrogen functional groups attached to an aromatic ring is 1. The van der Waals surface area contributed by atoms with Crippen molar-refractivity contribution in [2.24, 2.45) is 0 Å². The van der Waals surface area contributed by atoms with Crippen molar-refractivity contribution in [3.05, 3.63) is 29.1 Å². The van der Waals surface area contributed by atoms with Crippen molar-refractivity contribution >= 4 is 22.7 Å². The van der Waals surface area contributed by atoms with Crippen LogP contribution in [0.5, 0.6) is 0 Å². The summed E-state index contributed by atoms with van der Waals surface area (Å²) in [6.45, 7) is 1.62. The number of fused-ring (bicyclic) bond motifs is 1. The molecule has 0 saturated heterocycles. The molecule has 0 amide bonds. The Bertz CT molecular complexity index is 575. The molecule has 5 heteroatoms. The largest absolute Gasteiger partial charge is 0.465 e. The predicted molar refractivity (Wildman–Crippen MR) is 58.7 cm³/mol. The molecule has 2 aromatic rings. The van der Waals surface area contributed by atoms with Crippen molar-refractivity contribution in [2.75, 3.05) is 12.8 Å². The minimum Gasteiger partial charge on any atom is -0.465 e. The van der Waals surface area contributed by atoms with E-state index in [1.807, 2.05) is 0 Å². The van der Waals surface area contributed by atoms with Gasteiger partial charge < -0.3 is 15.5 Å². The molecule has 0 aliphatic heterocycles. The van der Waals surface area contributed by atoms with Crippen molar-refractivity contribution in [3.8, 4) is 0 Å². The number of H-pyrrole nitrogens is 1. The zero-order valence-electron chi connectivity index (χ0n) is 8.93. The maximum absolute atomic E-state index is 13.9. The van der Waals surface area contributed by atoms with Gasteiger partial charge >= 0.3 is 5.97 Å². The van der Waals surface area contributed by atoms with E-state index in [-0.39, 0.29) is 16.8 Å². The highest BCUT2D eigenvalue weighted by molar-refractivity contribution is 6.09. The number of halogens is 1. The molecule has 4 nitrogen and oxygen atoms in total. The minimum atomic E-state index is -0.645. The Morgan fingerprint density at radius 3 is 2.81 bits per heavy atom. The Hall–Kier alpha value is -2.04. The number of aromatic amines is 1. The highest BCUT2D eigenvalue weighted by Gasteiger charge is 2.21. The first-order valence-electron chi connectivity index (χ1n) is 4.70. The standard InChI is InChI=1S/C11H11FN2O2/c1-5-3-4-6-7(9(5)12)8(10(13)14-6)11(15)16-2/h3-4,14H,13H2,1-2H3. The number of nitrogens with two attached hydrogens (primary N) is 1. The molecule has 0 radical (unpaired) electrons. The van der Waals surface area contributed by atoms with Gasteiger partial charge in [-0.1, -0.05) is 6.07 Å². The third kappa shape index (κ3) is 1.32. The Morgan fingerprint density at radius 2 is 2.19 bits per heavy atom. The van der Waals surface area contributed by atoms with Gasteiger partial charge in [0.1, 0.15) is 17.2 Å². The van der Waals surface area contributed by atoms with E-state index < -0.39 is 11.8 Å². The van der Waals surface area contributed by atoms with Crippen molar-refractivity contribution in [1.29, 1.82) is 0 Å². The van der Waals surface area contributed by atoms with E-state index >= 15 is 0 Å². The number of aromatic nitrogens is 1. The molecule has 1 aromatic carbocycles.